The Morgan fingerprint density at radius 2 is 2.46 bits per heavy atom. The lowest BCUT2D eigenvalue weighted by Crippen LogP contribution is -2.00. The molecule has 0 atom stereocenters. The van der Waals surface area contributed by atoms with Crippen LogP contribution >= 0.6 is 11.3 Å². The normalized spacial score (nSPS) is 10.5. The number of hydrogen-bond acceptors (Lipinski definition) is 4. The molecule has 0 fully saturated rings. The molecule has 0 unspecified atom stereocenters. The van der Waals surface area contributed by atoms with Gasteiger partial charge in [-0.25, -0.2) is 4.98 Å². The van der Waals surface area contributed by atoms with Crippen LogP contribution in [0.1, 0.15) is 4.88 Å². The van der Waals surface area contributed by atoms with Crippen molar-refractivity contribution in [2.75, 3.05) is 6.54 Å². The fourth-order valence-corrected chi connectivity index (χ4v) is 1.98. The van der Waals surface area contributed by atoms with Crippen molar-refractivity contribution in [2.24, 2.45) is 5.73 Å². The van der Waals surface area contributed by atoms with E-state index in [-0.39, 0.29) is 0 Å². The van der Waals surface area contributed by atoms with Crippen LogP contribution in [0.5, 0.6) is 0 Å². The first-order valence-electron chi connectivity index (χ1n) is 4.09. The summed E-state index contributed by atoms with van der Waals surface area (Å²) in [4.78, 5) is 5.45. The predicted molar refractivity (Wildman–Crippen MR) is 52.6 cm³/mol. The van der Waals surface area contributed by atoms with Crippen molar-refractivity contribution >= 4 is 11.3 Å². The molecule has 2 heterocycles. The number of nitrogens with two attached hydrogens (primary N) is 1. The molecule has 13 heavy (non-hydrogen) atoms. The third-order valence-corrected chi connectivity index (χ3v) is 2.75. The maximum atomic E-state index is 5.44. The minimum atomic E-state index is 0.666. The molecule has 0 aromatic carbocycles. The lowest BCUT2D eigenvalue weighted by molar-refractivity contribution is 0.582. The van der Waals surface area contributed by atoms with Gasteiger partial charge in [0.25, 0.3) is 0 Å². The van der Waals surface area contributed by atoms with Crippen LogP contribution in [0.2, 0.25) is 0 Å². The fraction of sp³-hybridized carbons (Fsp3) is 0.222. The van der Waals surface area contributed by atoms with Crippen LogP contribution in [0.25, 0.3) is 10.8 Å². The molecule has 3 nitrogen and oxygen atoms in total. The lowest BCUT2D eigenvalue weighted by Gasteiger charge is -1.87. The molecule has 0 saturated heterocycles. The highest BCUT2D eigenvalue weighted by Crippen LogP contribution is 2.25. The van der Waals surface area contributed by atoms with Gasteiger partial charge in [0.1, 0.15) is 0 Å². The van der Waals surface area contributed by atoms with E-state index in [4.69, 9.17) is 10.2 Å². The first-order valence-corrected chi connectivity index (χ1v) is 4.90. The third-order valence-electron chi connectivity index (χ3n) is 1.68. The fourth-order valence-electron chi connectivity index (χ4n) is 1.08. The van der Waals surface area contributed by atoms with E-state index in [1.807, 2.05) is 18.3 Å². The SMILES string of the molecule is NCCc1cnc(-c2ccco2)s1. The summed E-state index contributed by atoms with van der Waals surface area (Å²) >= 11 is 1.63. The number of furan rings is 1. The van der Waals surface area contributed by atoms with Crippen LogP contribution < -0.4 is 5.73 Å². The topological polar surface area (TPSA) is 52.0 Å². The van der Waals surface area contributed by atoms with Gasteiger partial charge in [-0.15, -0.1) is 11.3 Å². The summed E-state index contributed by atoms with van der Waals surface area (Å²) in [6, 6.07) is 3.77. The Labute approximate surface area is 80.2 Å². The van der Waals surface area contributed by atoms with Crippen LogP contribution in [0.3, 0.4) is 0 Å². The quantitative estimate of drug-likeness (QED) is 0.812. The standard InChI is InChI=1S/C9H10N2OS/c10-4-3-7-6-11-9(13-7)8-2-1-5-12-8/h1-2,5-6H,3-4,10H2. The summed E-state index contributed by atoms with van der Waals surface area (Å²) in [5, 5.41) is 0.924. The summed E-state index contributed by atoms with van der Waals surface area (Å²) in [6.07, 6.45) is 4.40. The van der Waals surface area contributed by atoms with E-state index in [1.165, 1.54) is 4.88 Å². The van der Waals surface area contributed by atoms with E-state index in [2.05, 4.69) is 4.98 Å². The molecule has 0 spiro atoms. The molecule has 0 aliphatic carbocycles. The van der Waals surface area contributed by atoms with Gasteiger partial charge in [-0.3, -0.25) is 0 Å². The molecule has 2 aromatic heterocycles. The van der Waals surface area contributed by atoms with Crippen LogP contribution in [0.15, 0.2) is 29.0 Å². The molecule has 68 valence electrons. The van der Waals surface area contributed by atoms with Crippen molar-refractivity contribution in [1.29, 1.82) is 0 Å². The van der Waals surface area contributed by atoms with Crippen molar-refractivity contribution in [2.45, 2.75) is 6.42 Å². The first kappa shape index (κ1) is 8.47. The van der Waals surface area contributed by atoms with Gasteiger partial charge in [0.15, 0.2) is 10.8 Å². The van der Waals surface area contributed by atoms with E-state index >= 15 is 0 Å². The monoisotopic (exact) mass is 194 g/mol. The van der Waals surface area contributed by atoms with Gasteiger partial charge in [0.2, 0.25) is 0 Å². The number of thiazole rings is 1. The average molecular weight is 194 g/mol. The number of rotatable bonds is 3. The molecular weight excluding hydrogens is 184 g/mol. The molecule has 4 heteroatoms. The summed E-state index contributed by atoms with van der Waals surface area (Å²) < 4.78 is 5.23. The Morgan fingerprint density at radius 3 is 3.15 bits per heavy atom. The van der Waals surface area contributed by atoms with Crippen molar-refractivity contribution in [1.82, 2.24) is 4.98 Å². The number of aromatic nitrogens is 1. The van der Waals surface area contributed by atoms with Crippen LogP contribution in [-0.2, 0) is 6.42 Å². The minimum Gasteiger partial charge on any atom is -0.462 e. The second-order valence-corrected chi connectivity index (χ2v) is 3.76. The van der Waals surface area contributed by atoms with Gasteiger partial charge < -0.3 is 10.2 Å². The lowest BCUT2D eigenvalue weighted by atomic mass is 10.4. The Kier molecular flexibility index (Phi) is 2.42. The van der Waals surface area contributed by atoms with Crippen molar-refractivity contribution in [3.63, 3.8) is 0 Å². The highest BCUT2D eigenvalue weighted by molar-refractivity contribution is 7.14. The Bertz CT molecular complexity index is 367. The largest absolute Gasteiger partial charge is 0.462 e. The van der Waals surface area contributed by atoms with Crippen molar-refractivity contribution in [3.05, 3.63) is 29.5 Å². The molecular formula is C9H10N2OS. The van der Waals surface area contributed by atoms with Crippen LogP contribution in [-0.4, -0.2) is 11.5 Å². The summed E-state index contributed by atoms with van der Waals surface area (Å²) in [6.45, 7) is 0.666. The van der Waals surface area contributed by atoms with E-state index in [0.717, 1.165) is 17.2 Å². The third kappa shape index (κ3) is 1.79. The zero-order valence-electron chi connectivity index (χ0n) is 7.06. The summed E-state index contributed by atoms with van der Waals surface area (Å²) in [5.74, 6) is 0.827. The van der Waals surface area contributed by atoms with Gasteiger partial charge in [0, 0.05) is 11.1 Å². The number of hydrogen-bond donors (Lipinski definition) is 1. The molecule has 0 amide bonds. The maximum absolute atomic E-state index is 5.44. The van der Waals surface area contributed by atoms with Crippen LogP contribution in [0.4, 0.5) is 0 Å². The Balaban J connectivity index is 2.23. The second kappa shape index (κ2) is 3.72. The highest BCUT2D eigenvalue weighted by Gasteiger charge is 2.05. The first-order chi connectivity index (χ1) is 6.40. The molecule has 2 rings (SSSR count). The van der Waals surface area contributed by atoms with E-state index < -0.39 is 0 Å². The summed E-state index contributed by atoms with van der Waals surface area (Å²) in [5.41, 5.74) is 5.44. The molecule has 2 aromatic rings. The van der Waals surface area contributed by atoms with Gasteiger partial charge in [-0.05, 0) is 25.1 Å². The van der Waals surface area contributed by atoms with E-state index in [9.17, 15) is 0 Å². The average Bonchev–Trinajstić information content (AvgIpc) is 2.70. The number of nitrogens with zero attached hydrogens (tertiary/aromatic N) is 1. The van der Waals surface area contributed by atoms with Crippen molar-refractivity contribution < 1.29 is 4.42 Å². The smallest absolute Gasteiger partial charge is 0.162 e. The second-order valence-electron chi connectivity index (χ2n) is 2.65. The highest BCUT2D eigenvalue weighted by atomic mass is 32.1. The van der Waals surface area contributed by atoms with Gasteiger partial charge in [-0.2, -0.15) is 0 Å². The maximum Gasteiger partial charge on any atom is 0.162 e. The molecule has 0 radical (unpaired) electrons. The molecule has 0 aliphatic rings. The zero-order valence-corrected chi connectivity index (χ0v) is 7.88. The predicted octanol–water partition coefficient (Wildman–Crippen LogP) is 1.90. The Morgan fingerprint density at radius 1 is 1.54 bits per heavy atom. The molecule has 2 N–H and O–H groups in total. The minimum absolute atomic E-state index is 0.666. The van der Waals surface area contributed by atoms with Gasteiger partial charge in [-0.1, -0.05) is 0 Å². The molecule has 0 saturated carbocycles. The Hall–Kier alpha value is -1.13. The van der Waals surface area contributed by atoms with E-state index in [0.29, 0.717) is 6.54 Å². The van der Waals surface area contributed by atoms with Gasteiger partial charge >= 0.3 is 0 Å². The zero-order chi connectivity index (χ0) is 9.10. The molecule has 0 aliphatic heterocycles. The van der Waals surface area contributed by atoms with Crippen molar-refractivity contribution in [3.8, 4) is 10.8 Å². The van der Waals surface area contributed by atoms with E-state index in [1.54, 1.807) is 17.6 Å². The van der Waals surface area contributed by atoms with Gasteiger partial charge in [0.05, 0.1) is 6.26 Å². The molecule has 0 bridgehead atoms. The van der Waals surface area contributed by atoms with Crippen LogP contribution in [0, 0.1) is 0 Å². The summed E-state index contributed by atoms with van der Waals surface area (Å²) in [7, 11) is 0.